The maximum atomic E-state index is 12.6. The fourth-order valence-corrected chi connectivity index (χ4v) is 3.12. The molecule has 5 nitrogen and oxygen atoms in total. The number of likely N-dealkylation sites (tertiary alicyclic amines) is 1. The van der Waals surface area contributed by atoms with Crippen LogP contribution in [0.1, 0.15) is 46.4 Å². The number of carbonyl (C=O) groups excluding carboxylic acids is 2. The Labute approximate surface area is 154 Å². The minimum Gasteiger partial charge on any atom is -0.497 e. The van der Waals surface area contributed by atoms with Gasteiger partial charge in [0.25, 0.3) is 11.8 Å². The molecule has 0 radical (unpaired) electrons. The number of benzene rings is 2. The molecule has 1 saturated heterocycles. The highest BCUT2D eigenvalue weighted by Gasteiger charge is 2.17. The topological polar surface area (TPSA) is 58.6 Å². The summed E-state index contributed by atoms with van der Waals surface area (Å²) in [5, 5.41) is 2.84. The fraction of sp³-hybridized carbons (Fsp3) is 0.333. The molecular formula is C21H24N2O3. The molecule has 0 atom stereocenters. The number of amides is 2. The summed E-state index contributed by atoms with van der Waals surface area (Å²) in [6.45, 7) is 1.63. The number of rotatable bonds is 4. The Morgan fingerprint density at radius 2 is 1.58 bits per heavy atom. The van der Waals surface area contributed by atoms with E-state index in [1.165, 1.54) is 12.8 Å². The zero-order chi connectivity index (χ0) is 18.4. The normalized spacial score (nSPS) is 14.4. The Kier molecular flexibility index (Phi) is 5.89. The van der Waals surface area contributed by atoms with Crippen molar-refractivity contribution in [1.29, 1.82) is 0 Å². The number of nitrogens with zero attached hydrogens (tertiary/aromatic N) is 1. The number of nitrogens with one attached hydrogen (secondary N) is 1. The number of ether oxygens (including phenoxy) is 1. The van der Waals surface area contributed by atoms with Gasteiger partial charge < -0.3 is 15.0 Å². The lowest BCUT2D eigenvalue weighted by molar-refractivity contribution is 0.0761. The summed E-state index contributed by atoms with van der Waals surface area (Å²) in [4.78, 5) is 26.9. The van der Waals surface area contributed by atoms with Crippen molar-refractivity contribution >= 4 is 17.5 Å². The minimum atomic E-state index is -0.216. The van der Waals surface area contributed by atoms with E-state index >= 15 is 0 Å². The molecule has 5 heteroatoms. The van der Waals surface area contributed by atoms with Gasteiger partial charge in [0.1, 0.15) is 5.75 Å². The van der Waals surface area contributed by atoms with Crippen molar-refractivity contribution in [1.82, 2.24) is 4.90 Å². The molecule has 0 spiro atoms. The van der Waals surface area contributed by atoms with Gasteiger partial charge in [-0.3, -0.25) is 9.59 Å². The second-order valence-electron chi connectivity index (χ2n) is 6.47. The lowest BCUT2D eigenvalue weighted by Gasteiger charge is -2.20. The maximum Gasteiger partial charge on any atom is 0.255 e. The average molecular weight is 352 g/mol. The largest absolute Gasteiger partial charge is 0.497 e. The SMILES string of the molecule is COc1cccc(NC(=O)c2ccc(C(=O)N3CCCCCC3)cc2)c1. The quantitative estimate of drug-likeness (QED) is 0.906. The van der Waals surface area contributed by atoms with Crippen LogP contribution >= 0.6 is 0 Å². The van der Waals surface area contributed by atoms with Crippen LogP contribution < -0.4 is 10.1 Å². The van der Waals surface area contributed by atoms with Gasteiger partial charge >= 0.3 is 0 Å². The summed E-state index contributed by atoms with van der Waals surface area (Å²) in [5.41, 5.74) is 1.81. The molecule has 1 heterocycles. The average Bonchev–Trinajstić information content (AvgIpc) is 2.97. The summed E-state index contributed by atoms with van der Waals surface area (Å²) in [7, 11) is 1.58. The highest BCUT2D eigenvalue weighted by atomic mass is 16.5. The molecule has 1 aliphatic rings. The van der Waals surface area contributed by atoms with Crippen LogP contribution in [0.5, 0.6) is 5.75 Å². The molecular weight excluding hydrogens is 328 g/mol. The number of carbonyl (C=O) groups is 2. The monoisotopic (exact) mass is 352 g/mol. The Morgan fingerprint density at radius 3 is 2.23 bits per heavy atom. The van der Waals surface area contributed by atoms with Crippen LogP contribution in [-0.2, 0) is 0 Å². The predicted octanol–water partition coefficient (Wildman–Crippen LogP) is 3.96. The van der Waals surface area contributed by atoms with Gasteiger partial charge in [0, 0.05) is 36.0 Å². The molecule has 26 heavy (non-hydrogen) atoms. The number of hydrogen-bond donors (Lipinski definition) is 1. The van der Waals surface area contributed by atoms with Crippen molar-refractivity contribution in [2.24, 2.45) is 0 Å². The molecule has 3 rings (SSSR count). The summed E-state index contributed by atoms with van der Waals surface area (Å²) in [6.07, 6.45) is 4.50. The van der Waals surface area contributed by atoms with E-state index in [2.05, 4.69) is 5.32 Å². The molecule has 0 aliphatic carbocycles. The Morgan fingerprint density at radius 1 is 0.923 bits per heavy atom. The Balaban J connectivity index is 1.66. The molecule has 2 amide bonds. The third kappa shape index (κ3) is 4.42. The maximum absolute atomic E-state index is 12.6. The highest BCUT2D eigenvalue weighted by molar-refractivity contribution is 6.05. The first-order valence-corrected chi connectivity index (χ1v) is 9.02. The standard InChI is InChI=1S/C21H24N2O3/c1-26-19-8-6-7-18(15-19)22-20(24)16-9-11-17(12-10-16)21(25)23-13-4-2-3-5-14-23/h6-12,15H,2-5,13-14H2,1H3,(H,22,24). The van der Waals surface area contributed by atoms with Crippen LogP contribution in [-0.4, -0.2) is 36.9 Å². The lowest BCUT2D eigenvalue weighted by Crippen LogP contribution is -2.31. The second-order valence-corrected chi connectivity index (χ2v) is 6.47. The van der Waals surface area contributed by atoms with Crippen molar-refractivity contribution in [2.45, 2.75) is 25.7 Å². The van der Waals surface area contributed by atoms with Gasteiger partial charge in [-0.1, -0.05) is 18.9 Å². The van der Waals surface area contributed by atoms with Gasteiger partial charge in [-0.2, -0.15) is 0 Å². The van der Waals surface area contributed by atoms with Gasteiger partial charge in [0.15, 0.2) is 0 Å². The third-order valence-electron chi connectivity index (χ3n) is 4.61. The summed E-state index contributed by atoms with van der Waals surface area (Å²) in [6, 6.07) is 14.0. The molecule has 0 bridgehead atoms. The third-order valence-corrected chi connectivity index (χ3v) is 4.61. The Hall–Kier alpha value is -2.82. The van der Waals surface area contributed by atoms with E-state index in [1.807, 2.05) is 17.0 Å². The first kappa shape index (κ1) is 18.0. The molecule has 1 aliphatic heterocycles. The van der Waals surface area contributed by atoms with Gasteiger partial charge in [0.05, 0.1) is 7.11 Å². The van der Waals surface area contributed by atoms with Gasteiger partial charge in [-0.25, -0.2) is 0 Å². The van der Waals surface area contributed by atoms with Crippen molar-refractivity contribution < 1.29 is 14.3 Å². The van der Waals surface area contributed by atoms with Gasteiger partial charge in [-0.15, -0.1) is 0 Å². The van der Waals surface area contributed by atoms with Gasteiger partial charge in [-0.05, 0) is 49.2 Å². The van der Waals surface area contributed by atoms with Crippen molar-refractivity contribution in [3.8, 4) is 5.75 Å². The fourth-order valence-electron chi connectivity index (χ4n) is 3.12. The number of hydrogen-bond acceptors (Lipinski definition) is 3. The smallest absolute Gasteiger partial charge is 0.255 e. The highest BCUT2D eigenvalue weighted by Crippen LogP contribution is 2.18. The molecule has 136 valence electrons. The van der Waals surface area contributed by atoms with Crippen LogP contribution in [0.2, 0.25) is 0 Å². The molecule has 2 aromatic carbocycles. The first-order chi connectivity index (χ1) is 12.7. The summed E-state index contributed by atoms with van der Waals surface area (Å²) in [5.74, 6) is 0.514. The molecule has 0 saturated carbocycles. The molecule has 1 fully saturated rings. The van der Waals surface area contributed by atoms with Crippen molar-refractivity contribution in [3.63, 3.8) is 0 Å². The van der Waals surface area contributed by atoms with Crippen molar-refractivity contribution in [3.05, 3.63) is 59.7 Å². The van der Waals surface area contributed by atoms with Crippen LogP contribution in [0.25, 0.3) is 0 Å². The minimum absolute atomic E-state index is 0.0478. The Bertz CT molecular complexity index is 763. The van der Waals surface area contributed by atoms with Crippen molar-refractivity contribution in [2.75, 3.05) is 25.5 Å². The first-order valence-electron chi connectivity index (χ1n) is 9.02. The number of methoxy groups -OCH3 is 1. The lowest BCUT2D eigenvalue weighted by atomic mass is 10.1. The summed E-state index contributed by atoms with van der Waals surface area (Å²) < 4.78 is 5.16. The van der Waals surface area contributed by atoms with E-state index in [-0.39, 0.29) is 11.8 Å². The molecule has 1 N–H and O–H groups in total. The van der Waals surface area contributed by atoms with Crippen LogP contribution in [0.15, 0.2) is 48.5 Å². The van der Waals surface area contributed by atoms with Gasteiger partial charge in [0.2, 0.25) is 0 Å². The predicted molar refractivity (Wildman–Crippen MR) is 102 cm³/mol. The summed E-state index contributed by atoms with van der Waals surface area (Å²) >= 11 is 0. The van der Waals surface area contributed by atoms with E-state index in [9.17, 15) is 9.59 Å². The zero-order valence-electron chi connectivity index (χ0n) is 15.0. The van der Waals surface area contributed by atoms with Crippen LogP contribution in [0.4, 0.5) is 5.69 Å². The van der Waals surface area contributed by atoms with E-state index in [0.717, 1.165) is 25.9 Å². The molecule has 0 aromatic heterocycles. The van der Waals surface area contributed by atoms with Crippen LogP contribution in [0.3, 0.4) is 0 Å². The molecule has 0 unspecified atom stereocenters. The zero-order valence-corrected chi connectivity index (χ0v) is 15.0. The van der Waals surface area contributed by atoms with E-state index < -0.39 is 0 Å². The van der Waals surface area contributed by atoms with Crippen LogP contribution in [0, 0.1) is 0 Å². The number of anilines is 1. The molecule has 2 aromatic rings. The second kappa shape index (κ2) is 8.52. The van der Waals surface area contributed by atoms with E-state index in [4.69, 9.17) is 4.74 Å². The van der Waals surface area contributed by atoms with E-state index in [0.29, 0.717) is 22.6 Å². The van der Waals surface area contributed by atoms with E-state index in [1.54, 1.807) is 43.5 Å².